The van der Waals surface area contributed by atoms with Gasteiger partial charge in [-0.15, -0.1) is 0 Å². The monoisotopic (exact) mass is 343 g/mol. The predicted molar refractivity (Wildman–Crippen MR) is 74.5 cm³/mol. The lowest BCUT2D eigenvalue weighted by atomic mass is 10.2. The zero-order valence-electron chi connectivity index (χ0n) is 8.93. The van der Waals surface area contributed by atoms with Gasteiger partial charge in [0, 0.05) is 11.1 Å². The highest BCUT2D eigenvalue weighted by Gasteiger charge is 2.06. The minimum atomic E-state index is -0.933. The van der Waals surface area contributed by atoms with E-state index in [0.29, 0.717) is 5.02 Å². The number of rotatable bonds is 3. The highest BCUT2D eigenvalue weighted by molar-refractivity contribution is 9.10. The molecule has 2 aromatic rings. The van der Waals surface area contributed by atoms with Gasteiger partial charge >= 0.3 is 5.97 Å². The van der Waals surface area contributed by atoms with Crippen molar-refractivity contribution in [1.82, 2.24) is 4.98 Å². The van der Waals surface area contributed by atoms with Crippen LogP contribution in [0.1, 0.15) is 10.4 Å². The molecule has 0 saturated carbocycles. The molecule has 0 aliphatic carbocycles. The molecule has 0 radical (unpaired) electrons. The molecule has 0 aliphatic rings. The fourth-order valence-corrected chi connectivity index (χ4v) is 2.89. The van der Waals surface area contributed by atoms with E-state index in [1.807, 2.05) is 0 Å². The Morgan fingerprint density at radius 2 is 2.00 bits per heavy atom. The molecule has 2 rings (SSSR count). The van der Waals surface area contributed by atoms with Gasteiger partial charge in [-0.3, -0.25) is 0 Å². The summed E-state index contributed by atoms with van der Waals surface area (Å²) in [4.78, 5) is 15.8. The van der Waals surface area contributed by atoms with Gasteiger partial charge in [0.25, 0.3) is 0 Å². The highest BCUT2D eigenvalue weighted by Crippen LogP contribution is 2.32. The Morgan fingerprint density at radius 3 is 2.56 bits per heavy atom. The first-order valence-electron chi connectivity index (χ1n) is 4.88. The van der Waals surface area contributed by atoms with Crippen LogP contribution in [0.15, 0.2) is 50.9 Å². The summed E-state index contributed by atoms with van der Waals surface area (Å²) >= 11 is 10.6. The molecule has 0 amide bonds. The first-order valence-corrected chi connectivity index (χ1v) is 6.87. The number of hydrogen-bond donors (Lipinski definition) is 1. The molecule has 3 nitrogen and oxygen atoms in total. The van der Waals surface area contributed by atoms with Crippen LogP contribution < -0.4 is 0 Å². The minimum absolute atomic E-state index is 0.266. The maximum atomic E-state index is 10.7. The summed E-state index contributed by atoms with van der Waals surface area (Å²) in [6.07, 6.45) is 1.57. The number of carbonyl (C=O) groups is 1. The highest BCUT2D eigenvalue weighted by atomic mass is 79.9. The standard InChI is InChI=1S/C12H7BrClNO2S/c13-10-5-8(14)6-15-11(10)18-9-3-1-7(2-4-9)12(16)17/h1-6H,(H,16,17). The van der Waals surface area contributed by atoms with Gasteiger partial charge in [-0.1, -0.05) is 23.4 Å². The first kappa shape index (κ1) is 13.4. The average molecular weight is 345 g/mol. The Bertz CT molecular complexity index is 589. The Balaban J connectivity index is 2.21. The van der Waals surface area contributed by atoms with Crippen molar-refractivity contribution in [2.24, 2.45) is 0 Å². The molecule has 18 heavy (non-hydrogen) atoms. The second-order valence-electron chi connectivity index (χ2n) is 3.37. The third-order valence-corrected chi connectivity index (χ3v) is 4.19. The number of aromatic nitrogens is 1. The van der Waals surface area contributed by atoms with Crippen molar-refractivity contribution in [3.63, 3.8) is 0 Å². The van der Waals surface area contributed by atoms with E-state index in [-0.39, 0.29) is 5.56 Å². The number of pyridine rings is 1. The lowest BCUT2D eigenvalue weighted by Gasteiger charge is -2.04. The molecule has 0 aliphatic heterocycles. The van der Waals surface area contributed by atoms with Crippen LogP contribution in [-0.4, -0.2) is 16.1 Å². The van der Waals surface area contributed by atoms with Crippen molar-refractivity contribution in [3.05, 3.63) is 51.6 Å². The van der Waals surface area contributed by atoms with E-state index in [1.54, 1.807) is 36.5 Å². The Labute approximate surface area is 121 Å². The van der Waals surface area contributed by atoms with Gasteiger partial charge in [0.1, 0.15) is 5.03 Å². The van der Waals surface area contributed by atoms with Gasteiger partial charge in [0.15, 0.2) is 0 Å². The third-order valence-electron chi connectivity index (χ3n) is 2.09. The van der Waals surface area contributed by atoms with Crippen molar-refractivity contribution in [1.29, 1.82) is 0 Å². The summed E-state index contributed by atoms with van der Waals surface area (Å²) in [6.45, 7) is 0. The quantitative estimate of drug-likeness (QED) is 0.899. The van der Waals surface area contributed by atoms with Crippen molar-refractivity contribution >= 4 is 45.3 Å². The zero-order chi connectivity index (χ0) is 13.1. The number of hydrogen-bond acceptors (Lipinski definition) is 3. The molecule has 0 fully saturated rings. The lowest BCUT2D eigenvalue weighted by molar-refractivity contribution is 0.0697. The summed E-state index contributed by atoms with van der Waals surface area (Å²) < 4.78 is 0.808. The molecule has 1 heterocycles. The molecular formula is C12H7BrClNO2S. The molecule has 0 unspecified atom stereocenters. The van der Waals surface area contributed by atoms with E-state index in [9.17, 15) is 4.79 Å². The van der Waals surface area contributed by atoms with Crippen molar-refractivity contribution < 1.29 is 9.90 Å². The first-order chi connectivity index (χ1) is 8.56. The number of halogens is 2. The van der Waals surface area contributed by atoms with E-state index in [4.69, 9.17) is 16.7 Å². The molecule has 0 bridgehead atoms. The molecule has 1 N–H and O–H groups in total. The van der Waals surface area contributed by atoms with Crippen LogP contribution >= 0.6 is 39.3 Å². The van der Waals surface area contributed by atoms with Crippen LogP contribution in [0.2, 0.25) is 5.02 Å². The maximum absolute atomic E-state index is 10.7. The van der Waals surface area contributed by atoms with Crippen molar-refractivity contribution in [2.45, 2.75) is 9.92 Å². The van der Waals surface area contributed by atoms with Crippen LogP contribution in [0.4, 0.5) is 0 Å². The van der Waals surface area contributed by atoms with Crippen LogP contribution in [0, 0.1) is 0 Å². The van der Waals surface area contributed by atoms with Crippen LogP contribution in [0.5, 0.6) is 0 Å². The average Bonchev–Trinajstić information content (AvgIpc) is 2.33. The number of nitrogens with zero attached hydrogens (tertiary/aromatic N) is 1. The van der Waals surface area contributed by atoms with Gasteiger partial charge in [-0.2, -0.15) is 0 Å². The predicted octanol–water partition coefficient (Wildman–Crippen LogP) is 4.35. The fraction of sp³-hybridized carbons (Fsp3) is 0. The van der Waals surface area contributed by atoms with Crippen LogP contribution in [0.3, 0.4) is 0 Å². The van der Waals surface area contributed by atoms with E-state index in [0.717, 1.165) is 14.4 Å². The van der Waals surface area contributed by atoms with Crippen molar-refractivity contribution in [2.75, 3.05) is 0 Å². The normalized spacial score (nSPS) is 10.3. The largest absolute Gasteiger partial charge is 0.478 e. The zero-order valence-corrected chi connectivity index (χ0v) is 12.1. The SMILES string of the molecule is O=C(O)c1ccc(Sc2ncc(Cl)cc2Br)cc1. The van der Waals surface area contributed by atoms with E-state index in [1.165, 1.54) is 11.8 Å². The molecule has 92 valence electrons. The summed E-state index contributed by atoms with van der Waals surface area (Å²) in [7, 11) is 0. The Hall–Kier alpha value is -1.04. The molecule has 6 heteroatoms. The number of carboxylic acids is 1. The van der Waals surface area contributed by atoms with E-state index in [2.05, 4.69) is 20.9 Å². The smallest absolute Gasteiger partial charge is 0.335 e. The van der Waals surface area contributed by atoms with Gasteiger partial charge in [0.05, 0.1) is 15.1 Å². The summed E-state index contributed by atoms with van der Waals surface area (Å²) in [6, 6.07) is 8.39. The van der Waals surface area contributed by atoms with Crippen LogP contribution in [-0.2, 0) is 0 Å². The number of benzene rings is 1. The van der Waals surface area contributed by atoms with Gasteiger partial charge in [0.2, 0.25) is 0 Å². The molecular weight excluding hydrogens is 338 g/mol. The molecule has 1 aromatic carbocycles. The summed E-state index contributed by atoms with van der Waals surface area (Å²) in [5.41, 5.74) is 0.266. The second kappa shape index (κ2) is 5.73. The Morgan fingerprint density at radius 1 is 1.33 bits per heavy atom. The summed E-state index contributed by atoms with van der Waals surface area (Å²) in [5, 5.41) is 10.1. The molecule has 0 atom stereocenters. The van der Waals surface area contributed by atoms with Crippen molar-refractivity contribution in [3.8, 4) is 0 Å². The number of carboxylic acid groups (broad SMARTS) is 1. The topological polar surface area (TPSA) is 50.2 Å². The summed E-state index contributed by atoms with van der Waals surface area (Å²) in [5.74, 6) is -0.933. The second-order valence-corrected chi connectivity index (χ2v) is 5.73. The van der Waals surface area contributed by atoms with E-state index < -0.39 is 5.97 Å². The number of aromatic carboxylic acids is 1. The molecule has 0 spiro atoms. The molecule has 0 saturated heterocycles. The fourth-order valence-electron chi connectivity index (χ4n) is 1.25. The van der Waals surface area contributed by atoms with Gasteiger partial charge in [-0.25, -0.2) is 9.78 Å². The lowest BCUT2D eigenvalue weighted by Crippen LogP contribution is -1.94. The minimum Gasteiger partial charge on any atom is -0.478 e. The van der Waals surface area contributed by atoms with Gasteiger partial charge in [-0.05, 0) is 46.3 Å². The maximum Gasteiger partial charge on any atom is 0.335 e. The molecule has 1 aromatic heterocycles. The van der Waals surface area contributed by atoms with Gasteiger partial charge < -0.3 is 5.11 Å². The van der Waals surface area contributed by atoms with E-state index >= 15 is 0 Å². The Kier molecular flexibility index (Phi) is 4.27. The van der Waals surface area contributed by atoms with Crippen LogP contribution in [0.25, 0.3) is 0 Å². The third kappa shape index (κ3) is 3.25.